The molecule has 1 aromatic rings. The molecule has 1 saturated heterocycles. The fourth-order valence-electron chi connectivity index (χ4n) is 2.05. The Bertz CT molecular complexity index is 657. The van der Waals surface area contributed by atoms with Crippen LogP contribution < -0.4 is 4.72 Å². The summed E-state index contributed by atoms with van der Waals surface area (Å²) in [4.78, 5) is -0.108. The number of halogens is 1. The third-order valence-electron chi connectivity index (χ3n) is 3.06. The summed E-state index contributed by atoms with van der Waals surface area (Å²) < 4.78 is 45.6. The van der Waals surface area contributed by atoms with Gasteiger partial charge in [0.1, 0.15) is 12.4 Å². The maximum Gasteiger partial charge on any atom is 0.241 e. The molecule has 2 N–H and O–H groups in total. The monoisotopic (exact) mass is 313 g/mol. The van der Waals surface area contributed by atoms with Gasteiger partial charge in [-0.2, -0.15) is 0 Å². The first-order valence-electron chi connectivity index (χ1n) is 6.53. The quantitative estimate of drug-likeness (QED) is 0.799. The second-order valence-electron chi connectivity index (χ2n) is 4.59. The van der Waals surface area contributed by atoms with E-state index in [2.05, 4.69) is 16.6 Å². The predicted octanol–water partition coefficient (Wildman–Crippen LogP) is 0.627. The molecular weight excluding hydrogens is 297 g/mol. The minimum atomic E-state index is -3.81. The highest BCUT2D eigenvalue weighted by Crippen LogP contribution is 2.17. The summed E-state index contributed by atoms with van der Waals surface area (Å²) in [5.74, 6) is 4.18. The zero-order chi connectivity index (χ0) is 15.3. The van der Waals surface area contributed by atoms with Crippen LogP contribution in [0, 0.1) is 17.7 Å². The van der Waals surface area contributed by atoms with Crippen LogP contribution in [0.25, 0.3) is 0 Å². The SMILES string of the molecule is O=S(=O)(NCC1CCCO1)c1ccc(F)cc1C#CCO. The van der Waals surface area contributed by atoms with Gasteiger partial charge in [-0.1, -0.05) is 11.8 Å². The number of rotatable bonds is 4. The molecule has 0 saturated carbocycles. The van der Waals surface area contributed by atoms with Gasteiger partial charge in [-0.3, -0.25) is 0 Å². The van der Waals surface area contributed by atoms with Crippen molar-refractivity contribution in [3.63, 3.8) is 0 Å². The van der Waals surface area contributed by atoms with Crippen LogP contribution in [0.15, 0.2) is 23.1 Å². The number of nitrogens with one attached hydrogen (secondary N) is 1. The second kappa shape index (κ2) is 7.00. The van der Waals surface area contributed by atoms with E-state index in [1.165, 1.54) is 0 Å². The van der Waals surface area contributed by atoms with Crippen LogP contribution in [0.1, 0.15) is 18.4 Å². The van der Waals surface area contributed by atoms with Crippen LogP contribution in [0.5, 0.6) is 0 Å². The molecule has 1 aliphatic heterocycles. The Labute approximate surface area is 123 Å². The van der Waals surface area contributed by atoms with Crippen LogP contribution in [0.4, 0.5) is 4.39 Å². The molecule has 0 amide bonds. The fourth-order valence-corrected chi connectivity index (χ4v) is 3.26. The molecule has 7 heteroatoms. The molecule has 0 aromatic heterocycles. The molecular formula is C14H16FNO4S. The summed E-state index contributed by atoms with van der Waals surface area (Å²) in [6.07, 6.45) is 1.59. The van der Waals surface area contributed by atoms with Gasteiger partial charge >= 0.3 is 0 Å². The maximum atomic E-state index is 13.2. The molecule has 1 fully saturated rings. The van der Waals surface area contributed by atoms with E-state index in [4.69, 9.17) is 9.84 Å². The zero-order valence-electron chi connectivity index (χ0n) is 11.3. The Morgan fingerprint density at radius 1 is 1.48 bits per heavy atom. The van der Waals surface area contributed by atoms with E-state index >= 15 is 0 Å². The van der Waals surface area contributed by atoms with Crippen molar-refractivity contribution < 1.29 is 22.7 Å². The van der Waals surface area contributed by atoms with Crippen LogP contribution in [0.2, 0.25) is 0 Å². The summed E-state index contributed by atoms with van der Waals surface area (Å²) in [5, 5.41) is 8.69. The molecule has 1 aliphatic rings. The lowest BCUT2D eigenvalue weighted by Gasteiger charge is -2.12. The number of sulfonamides is 1. The Kier molecular flexibility index (Phi) is 5.31. The molecule has 0 aliphatic carbocycles. The highest BCUT2D eigenvalue weighted by atomic mass is 32.2. The van der Waals surface area contributed by atoms with Crippen molar-refractivity contribution in [2.24, 2.45) is 0 Å². The second-order valence-corrected chi connectivity index (χ2v) is 6.32. The van der Waals surface area contributed by atoms with Crippen molar-refractivity contribution >= 4 is 10.0 Å². The predicted molar refractivity (Wildman–Crippen MR) is 74.5 cm³/mol. The van der Waals surface area contributed by atoms with E-state index in [1.807, 2.05) is 0 Å². The molecule has 5 nitrogen and oxygen atoms in total. The van der Waals surface area contributed by atoms with Gasteiger partial charge in [0.05, 0.1) is 11.0 Å². The van der Waals surface area contributed by atoms with E-state index in [0.717, 1.165) is 31.0 Å². The standard InChI is InChI=1S/C14H16FNO4S/c15-12-5-6-14(11(9-12)3-1-7-17)21(18,19)16-10-13-4-2-8-20-13/h5-6,9,13,16-17H,2,4,7-8,10H2. The smallest absolute Gasteiger partial charge is 0.241 e. The number of aliphatic hydroxyl groups excluding tert-OH is 1. The van der Waals surface area contributed by atoms with Gasteiger partial charge in [-0.25, -0.2) is 17.5 Å². The molecule has 21 heavy (non-hydrogen) atoms. The van der Waals surface area contributed by atoms with E-state index in [1.54, 1.807) is 0 Å². The van der Waals surface area contributed by atoms with E-state index in [9.17, 15) is 12.8 Å². The first kappa shape index (κ1) is 15.9. The minimum absolute atomic E-state index is 0.0175. The third kappa shape index (κ3) is 4.25. The summed E-state index contributed by atoms with van der Waals surface area (Å²) in [6.45, 7) is 0.377. The zero-order valence-corrected chi connectivity index (χ0v) is 12.1. The minimum Gasteiger partial charge on any atom is -0.384 e. The highest BCUT2D eigenvalue weighted by Gasteiger charge is 2.22. The van der Waals surface area contributed by atoms with Crippen molar-refractivity contribution in [1.29, 1.82) is 0 Å². The lowest BCUT2D eigenvalue weighted by atomic mass is 10.2. The van der Waals surface area contributed by atoms with Gasteiger partial charge in [0.15, 0.2) is 0 Å². The number of benzene rings is 1. The Balaban J connectivity index is 2.21. The average Bonchev–Trinajstić information content (AvgIpc) is 2.96. The van der Waals surface area contributed by atoms with E-state index in [-0.39, 0.29) is 23.1 Å². The van der Waals surface area contributed by atoms with E-state index in [0.29, 0.717) is 6.61 Å². The van der Waals surface area contributed by atoms with Gasteiger partial charge < -0.3 is 9.84 Å². The van der Waals surface area contributed by atoms with Crippen molar-refractivity contribution in [2.45, 2.75) is 23.8 Å². The van der Waals surface area contributed by atoms with Crippen molar-refractivity contribution in [1.82, 2.24) is 4.72 Å². The molecule has 0 spiro atoms. The molecule has 1 atom stereocenters. The highest BCUT2D eigenvalue weighted by molar-refractivity contribution is 7.89. The lowest BCUT2D eigenvalue weighted by Crippen LogP contribution is -2.32. The summed E-state index contributed by atoms with van der Waals surface area (Å²) in [7, 11) is -3.81. The molecule has 1 heterocycles. The average molecular weight is 313 g/mol. The van der Waals surface area contributed by atoms with Gasteiger partial charge in [0.25, 0.3) is 0 Å². The number of hydrogen-bond donors (Lipinski definition) is 2. The van der Waals surface area contributed by atoms with Gasteiger partial charge in [0.2, 0.25) is 10.0 Å². The Morgan fingerprint density at radius 2 is 2.29 bits per heavy atom. The summed E-state index contributed by atoms with van der Waals surface area (Å²) in [6, 6.07) is 3.25. The first-order chi connectivity index (χ1) is 10.0. The number of ether oxygens (including phenoxy) is 1. The number of aliphatic hydroxyl groups is 1. The molecule has 1 aromatic carbocycles. The molecule has 0 bridgehead atoms. The summed E-state index contributed by atoms with van der Waals surface area (Å²) >= 11 is 0. The number of hydrogen-bond acceptors (Lipinski definition) is 4. The molecule has 0 radical (unpaired) electrons. The maximum absolute atomic E-state index is 13.2. The molecule has 2 rings (SSSR count). The first-order valence-corrected chi connectivity index (χ1v) is 8.02. The van der Waals surface area contributed by atoms with Crippen LogP contribution in [0.3, 0.4) is 0 Å². The largest absolute Gasteiger partial charge is 0.384 e. The van der Waals surface area contributed by atoms with Crippen LogP contribution in [-0.2, 0) is 14.8 Å². The summed E-state index contributed by atoms with van der Waals surface area (Å²) in [5.41, 5.74) is 0.0175. The van der Waals surface area contributed by atoms with Crippen molar-refractivity contribution in [2.75, 3.05) is 19.8 Å². The van der Waals surface area contributed by atoms with Crippen molar-refractivity contribution in [3.8, 4) is 11.8 Å². The third-order valence-corrected chi connectivity index (χ3v) is 4.54. The molecule has 114 valence electrons. The van der Waals surface area contributed by atoms with Gasteiger partial charge in [-0.05, 0) is 31.0 Å². The van der Waals surface area contributed by atoms with Crippen molar-refractivity contribution in [3.05, 3.63) is 29.6 Å². The fraction of sp³-hybridized carbons (Fsp3) is 0.429. The van der Waals surface area contributed by atoms with Gasteiger partial charge in [-0.15, -0.1) is 0 Å². The van der Waals surface area contributed by atoms with Gasteiger partial charge in [0, 0.05) is 18.7 Å². The van der Waals surface area contributed by atoms with Crippen LogP contribution >= 0.6 is 0 Å². The molecule has 1 unspecified atom stereocenters. The van der Waals surface area contributed by atoms with E-state index < -0.39 is 22.4 Å². The normalized spacial score (nSPS) is 18.3. The lowest BCUT2D eigenvalue weighted by molar-refractivity contribution is 0.114. The Hall–Kier alpha value is -1.46. The topological polar surface area (TPSA) is 75.6 Å². The Morgan fingerprint density at radius 3 is 2.95 bits per heavy atom. The van der Waals surface area contributed by atoms with Crippen LogP contribution in [-0.4, -0.2) is 39.4 Å².